The molecule has 2 heterocycles. The minimum absolute atomic E-state index is 0.135. The van der Waals surface area contributed by atoms with Gasteiger partial charge >= 0.3 is 0 Å². The van der Waals surface area contributed by atoms with Gasteiger partial charge in [0.2, 0.25) is 0 Å². The molecule has 0 aliphatic carbocycles. The average Bonchev–Trinajstić information content (AvgIpc) is 2.65. The fourth-order valence-electron chi connectivity index (χ4n) is 2.06. The van der Waals surface area contributed by atoms with E-state index in [9.17, 15) is 4.79 Å². The normalized spacial score (nSPS) is 11.4. The van der Waals surface area contributed by atoms with E-state index >= 15 is 0 Å². The fraction of sp³-hybridized carbons (Fsp3) is 0.571. The Kier molecular flexibility index (Phi) is 4.68. The van der Waals surface area contributed by atoms with E-state index in [4.69, 9.17) is 4.98 Å². The van der Waals surface area contributed by atoms with Crippen molar-refractivity contribution in [2.45, 2.75) is 52.2 Å². The summed E-state index contributed by atoms with van der Waals surface area (Å²) in [6.07, 6.45) is 2.11. The van der Waals surface area contributed by atoms with Gasteiger partial charge in [0.1, 0.15) is 4.83 Å². The van der Waals surface area contributed by atoms with E-state index in [2.05, 4.69) is 20.8 Å². The summed E-state index contributed by atoms with van der Waals surface area (Å²) in [6.45, 7) is 9.09. The molecule has 0 bridgehead atoms. The van der Waals surface area contributed by atoms with Crippen LogP contribution in [-0.2, 0) is 6.54 Å². The summed E-state index contributed by atoms with van der Waals surface area (Å²) < 4.78 is 1.86. The molecule has 5 heteroatoms. The van der Waals surface area contributed by atoms with E-state index in [0.29, 0.717) is 0 Å². The highest BCUT2D eigenvalue weighted by atomic mass is 32.2. The number of rotatable bonds is 5. The zero-order valence-corrected chi connectivity index (χ0v) is 13.6. The van der Waals surface area contributed by atoms with Crippen LogP contribution in [0.5, 0.6) is 0 Å². The molecule has 3 nitrogen and oxygen atoms in total. The summed E-state index contributed by atoms with van der Waals surface area (Å²) >= 11 is 3.28. The predicted octanol–water partition coefficient (Wildman–Crippen LogP) is 3.99. The molecular weight excluding hydrogens is 276 g/mol. The van der Waals surface area contributed by atoms with Gasteiger partial charge in [-0.1, -0.05) is 32.0 Å². The van der Waals surface area contributed by atoms with Crippen LogP contribution in [0.3, 0.4) is 0 Å². The van der Waals surface area contributed by atoms with Crippen molar-refractivity contribution < 1.29 is 0 Å². The minimum atomic E-state index is 0.135. The van der Waals surface area contributed by atoms with Crippen LogP contribution in [0.15, 0.2) is 9.95 Å². The Morgan fingerprint density at radius 3 is 2.68 bits per heavy atom. The summed E-state index contributed by atoms with van der Waals surface area (Å²) in [4.78, 5) is 19.5. The van der Waals surface area contributed by atoms with Gasteiger partial charge in [-0.2, -0.15) is 0 Å². The number of hydrogen-bond donors (Lipinski definition) is 0. The van der Waals surface area contributed by atoms with Gasteiger partial charge in [-0.15, -0.1) is 11.3 Å². The van der Waals surface area contributed by atoms with Crippen LogP contribution in [-0.4, -0.2) is 15.3 Å². The maximum absolute atomic E-state index is 12.7. The van der Waals surface area contributed by atoms with Crippen molar-refractivity contribution in [1.82, 2.24) is 9.55 Å². The SMILES string of the molecule is CCCCn1c(SCC)nc2sc(C)c(C)c2c1=O. The van der Waals surface area contributed by atoms with Gasteiger partial charge in [0.15, 0.2) is 5.16 Å². The van der Waals surface area contributed by atoms with Gasteiger partial charge in [0, 0.05) is 11.4 Å². The standard InChI is InChI=1S/C14H20N2OS2/c1-5-7-8-16-13(17)11-9(3)10(4)19-12(11)15-14(16)18-6-2/h5-8H2,1-4H3. The van der Waals surface area contributed by atoms with E-state index in [0.717, 1.165) is 46.1 Å². The summed E-state index contributed by atoms with van der Waals surface area (Å²) in [6, 6.07) is 0. The Morgan fingerprint density at radius 1 is 1.32 bits per heavy atom. The number of thioether (sulfide) groups is 1. The van der Waals surface area contributed by atoms with Gasteiger partial charge < -0.3 is 0 Å². The maximum atomic E-state index is 12.7. The van der Waals surface area contributed by atoms with Crippen molar-refractivity contribution >= 4 is 33.3 Å². The first-order chi connectivity index (χ1) is 9.10. The van der Waals surface area contributed by atoms with Gasteiger partial charge in [0.25, 0.3) is 5.56 Å². The van der Waals surface area contributed by atoms with E-state index in [1.54, 1.807) is 23.1 Å². The topological polar surface area (TPSA) is 34.9 Å². The van der Waals surface area contributed by atoms with Crippen molar-refractivity contribution in [3.63, 3.8) is 0 Å². The van der Waals surface area contributed by atoms with E-state index < -0.39 is 0 Å². The summed E-state index contributed by atoms with van der Waals surface area (Å²) in [5, 5.41) is 1.69. The van der Waals surface area contributed by atoms with Gasteiger partial charge in [-0.25, -0.2) is 4.98 Å². The predicted molar refractivity (Wildman–Crippen MR) is 84.7 cm³/mol. The van der Waals surface area contributed by atoms with Gasteiger partial charge in [-0.3, -0.25) is 9.36 Å². The van der Waals surface area contributed by atoms with Crippen LogP contribution >= 0.6 is 23.1 Å². The van der Waals surface area contributed by atoms with Crippen molar-refractivity contribution in [2.75, 3.05) is 5.75 Å². The Hall–Kier alpha value is -0.810. The Morgan fingerprint density at radius 2 is 2.05 bits per heavy atom. The Labute approximate surface area is 122 Å². The lowest BCUT2D eigenvalue weighted by Gasteiger charge is -2.10. The second-order valence-electron chi connectivity index (χ2n) is 4.60. The lowest BCUT2D eigenvalue weighted by molar-refractivity contribution is 0.558. The lowest BCUT2D eigenvalue weighted by Crippen LogP contribution is -2.23. The molecule has 0 amide bonds. The van der Waals surface area contributed by atoms with Crippen LogP contribution in [0.25, 0.3) is 10.2 Å². The number of aromatic nitrogens is 2. The highest BCUT2D eigenvalue weighted by Crippen LogP contribution is 2.28. The quantitative estimate of drug-likeness (QED) is 0.618. The first-order valence-electron chi connectivity index (χ1n) is 6.73. The summed E-state index contributed by atoms with van der Waals surface area (Å²) in [5.74, 6) is 0.938. The number of aryl methyl sites for hydroxylation is 2. The first kappa shape index (κ1) is 14.6. The largest absolute Gasteiger partial charge is 0.287 e. The van der Waals surface area contributed by atoms with E-state index in [1.807, 2.05) is 11.5 Å². The number of hydrogen-bond acceptors (Lipinski definition) is 4. The van der Waals surface area contributed by atoms with Gasteiger partial charge in [0.05, 0.1) is 5.39 Å². The van der Waals surface area contributed by atoms with Crippen molar-refractivity contribution in [2.24, 2.45) is 0 Å². The third-order valence-corrected chi connectivity index (χ3v) is 5.22. The molecule has 0 radical (unpaired) electrons. The molecule has 0 spiro atoms. The molecular formula is C14H20N2OS2. The fourth-order valence-corrected chi connectivity index (χ4v) is 3.88. The highest BCUT2D eigenvalue weighted by Gasteiger charge is 2.15. The molecule has 0 atom stereocenters. The molecule has 0 saturated heterocycles. The molecule has 0 aliphatic rings. The monoisotopic (exact) mass is 296 g/mol. The van der Waals surface area contributed by atoms with Crippen molar-refractivity contribution in [3.05, 3.63) is 20.8 Å². The molecule has 19 heavy (non-hydrogen) atoms. The molecule has 0 aliphatic heterocycles. The maximum Gasteiger partial charge on any atom is 0.263 e. The Bertz CT molecular complexity index is 643. The molecule has 2 rings (SSSR count). The van der Waals surface area contributed by atoms with Crippen LogP contribution in [0.1, 0.15) is 37.1 Å². The third-order valence-electron chi connectivity index (χ3n) is 3.26. The Balaban J connectivity index is 2.67. The van der Waals surface area contributed by atoms with Gasteiger partial charge in [-0.05, 0) is 31.6 Å². The number of fused-ring (bicyclic) bond motifs is 1. The second-order valence-corrected chi connectivity index (χ2v) is 7.04. The molecule has 0 unspecified atom stereocenters. The number of thiophene rings is 1. The van der Waals surface area contributed by atoms with E-state index in [-0.39, 0.29) is 5.56 Å². The minimum Gasteiger partial charge on any atom is -0.287 e. The molecule has 2 aromatic heterocycles. The van der Waals surface area contributed by atoms with Crippen LogP contribution in [0, 0.1) is 13.8 Å². The first-order valence-corrected chi connectivity index (χ1v) is 8.53. The smallest absolute Gasteiger partial charge is 0.263 e. The van der Waals surface area contributed by atoms with E-state index in [1.165, 1.54) is 4.88 Å². The van der Waals surface area contributed by atoms with Crippen molar-refractivity contribution in [1.29, 1.82) is 0 Å². The third kappa shape index (κ3) is 2.72. The number of unbranched alkanes of at least 4 members (excludes halogenated alkanes) is 1. The molecule has 104 valence electrons. The highest BCUT2D eigenvalue weighted by molar-refractivity contribution is 7.99. The molecule has 2 aromatic rings. The zero-order valence-electron chi connectivity index (χ0n) is 11.9. The molecule has 0 fully saturated rings. The van der Waals surface area contributed by atoms with Crippen molar-refractivity contribution in [3.8, 4) is 0 Å². The second kappa shape index (κ2) is 6.09. The molecule has 0 saturated carbocycles. The number of nitrogens with zero attached hydrogens (tertiary/aromatic N) is 2. The molecule has 0 N–H and O–H groups in total. The molecule has 0 aromatic carbocycles. The van der Waals surface area contributed by atoms with Crippen LogP contribution in [0.4, 0.5) is 0 Å². The zero-order chi connectivity index (χ0) is 14.0. The van der Waals surface area contributed by atoms with Crippen LogP contribution < -0.4 is 5.56 Å². The average molecular weight is 296 g/mol. The summed E-state index contributed by atoms with van der Waals surface area (Å²) in [5.41, 5.74) is 1.23. The summed E-state index contributed by atoms with van der Waals surface area (Å²) in [7, 11) is 0. The lowest BCUT2D eigenvalue weighted by atomic mass is 10.2. The van der Waals surface area contributed by atoms with Crippen LogP contribution in [0.2, 0.25) is 0 Å².